The van der Waals surface area contributed by atoms with Crippen LogP contribution in [-0.4, -0.2) is 40.6 Å². The minimum Gasteiger partial charge on any atom is -0.350 e. The van der Waals surface area contributed by atoms with E-state index in [4.69, 9.17) is 0 Å². The molecule has 1 fully saturated rings. The number of fused-ring (bicyclic) bond motifs is 1. The number of nitrogens with zero attached hydrogens (tertiary/aromatic N) is 3. The molecule has 2 aromatic heterocycles. The van der Waals surface area contributed by atoms with Crippen molar-refractivity contribution in [2.45, 2.75) is 18.9 Å². The summed E-state index contributed by atoms with van der Waals surface area (Å²) in [6.07, 6.45) is 3.06. The highest BCUT2D eigenvalue weighted by Gasteiger charge is 2.24. The Bertz CT molecular complexity index is 699. The zero-order valence-corrected chi connectivity index (χ0v) is 12.5. The van der Waals surface area contributed by atoms with Gasteiger partial charge in [0.1, 0.15) is 9.84 Å². The van der Waals surface area contributed by atoms with Gasteiger partial charge in [-0.1, -0.05) is 0 Å². The number of hydrogen-bond donors (Lipinski definition) is 1. The van der Waals surface area contributed by atoms with Crippen LogP contribution in [0.15, 0.2) is 22.8 Å². The first-order chi connectivity index (χ1) is 9.02. The first-order valence-electron chi connectivity index (χ1n) is 6.01. The lowest BCUT2D eigenvalue weighted by Gasteiger charge is -2.22. The third kappa shape index (κ3) is 2.89. The van der Waals surface area contributed by atoms with Crippen LogP contribution in [0.5, 0.6) is 0 Å². The second kappa shape index (κ2) is 4.75. The predicted molar refractivity (Wildman–Crippen MR) is 76.0 cm³/mol. The number of hydrogen-bond acceptors (Lipinski definition) is 5. The van der Waals surface area contributed by atoms with Crippen molar-refractivity contribution < 1.29 is 8.42 Å². The van der Waals surface area contributed by atoms with E-state index in [0.717, 1.165) is 10.1 Å². The van der Waals surface area contributed by atoms with Gasteiger partial charge in [0, 0.05) is 16.7 Å². The summed E-state index contributed by atoms with van der Waals surface area (Å²) in [6.45, 7) is 0. The average Bonchev–Trinajstić information content (AvgIpc) is 2.73. The Labute approximate surface area is 119 Å². The normalized spacial score (nSPS) is 19.6. The smallest absolute Gasteiger partial charge is 0.243 e. The van der Waals surface area contributed by atoms with Crippen molar-refractivity contribution in [1.29, 1.82) is 0 Å². The summed E-state index contributed by atoms with van der Waals surface area (Å²) in [5.41, 5.74) is 0.758. The Morgan fingerprint density at radius 1 is 1.32 bits per heavy atom. The van der Waals surface area contributed by atoms with Crippen molar-refractivity contribution >= 4 is 37.4 Å². The van der Waals surface area contributed by atoms with Crippen molar-refractivity contribution in [3.63, 3.8) is 0 Å². The van der Waals surface area contributed by atoms with E-state index in [9.17, 15) is 8.42 Å². The Kier molecular flexibility index (Phi) is 3.22. The van der Waals surface area contributed by atoms with Gasteiger partial charge in [-0.2, -0.15) is 4.98 Å². The Morgan fingerprint density at radius 2 is 2.05 bits per heavy atom. The SMILES string of the molecule is O=S1(=O)CCC(Nc2nc3ccc(Br)cn3n2)CC1. The molecule has 19 heavy (non-hydrogen) atoms. The quantitative estimate of drug-likeness (QED) is 0.892. The summed E-state index contributed by atoms with van der Waals surface area (Å²) in [4.78, 5) is 4.35. The molecule has 0 amide bonds. The number of nitrogens with one attached hydrogen (secondary N) is 1. The minimum atomic E-state index is -2.83. The van der Waals surface area contributed by atoms with Crippen LogP contribution < -0.4 is 5.32 Å². The van der Waals surface area contributed by atoms with E-state index in [0.29, 0.717) is 18.8 Å². The number of rotatable bonds is 2. The lowest BCUT2D eigenvalue weighted by molar-refractivity contribution is 0.558. The highest BCUT2D eigenvalue weighted by atomic mass is 79.9. The largest absolute Gasteiger partial charge is 0.350 e. The van der Waals surface area contributed by atoms with Gasteiger partial charge in [-0.25, -0.2) is 12.9 Å². The molecule has 0 saturated carbocycles. The molecule has 6 nitrogen and oxygen atoms in total. The van der Waals surface area contributed by atoms with Crippen LogP contribution in [0.3, 0.4) is 0 Å². The van der Waals surface area contributed by atoms with Gasteiger partial charge in [-0.15, -0.1) is 5.10 Å². The Hall–Kier alpha value is -1.15. The molecule has 2 aromatic rings. The van der Waals surface area contributed by atoms with Crippen molar-refractivity contribution in [2.24, 2.45) is 0 Å². The van der Waals surface area contributed by atoms with E-state index < -0.39 is 9.84 Å². The zero-order valence-electron chi connectivity index (χ0n) is 10.1. The third-order valence-corrected chi connectivity index (χ3v) is 5.37. The molecule has 1 N–H and O–H groups in total. The Morgan fingerprint density at radius 3 is 2.79 bits per heavy atom. The van der Waals surface area contributed by atoms with E-state index >= 15 is 0 Å². The van der Waals surface area contributed by atoms with Gasteiger partial charge in [0.25, 0.3) is 0 Å². The molecule has 1 aliphatic heterocycles. The maximum absolute atomic E-state index is 11.4. The van der Waals surface area contributed by atoms with Gasteiger partial charge in [-0.05, 0) is 40.9 Å². The van der Waals surface area contributed by atoms with E-state index in [1.54, 1.807) is 4.52 Å². The van der Waals surface area contributed by atoms with Crippen LogP contribution in [-0.2, 0) is 9.84 Å². The van der Waals surface area contributed by atoms with Gasteiger partial charge in [0.2, 0.25) is 5.95 Å². The van der Waals surface area contributed by atoms with Crippen molar-refractivity contribution in [1.82, 2.24) is 14.6 Å². The van der Waals surface area contributed by atoms with Crippen LogP contribution >= 0.6 is 15.9 Å². The summed E-state index contributed by atoms with van der Waals surface area (Å²) in [7, 11) is -2.83. The summed E-state index contributed by atoms with van der Waals surface area (Å²) >= 11 is 3.38. The molecule has 0 spiro atoms. The van der Waals surface area contributed by atoms with E-state index in [-0.39, 0.29) is 17.5 Å². The lowest BCUT2D eigenvalue weighted by Crippen LogP contribution is -2.32. The maximum atomic E-state index is 11.4. The fraction of sp³-hybridized carbons (Fsp3) is 0.455. The molecule has 0 unspecified atom stereocenters. The number of anilines is 1. The molecule has 0 atom stereocenters. The molecule has 1 aliphatic rings. The first-order valence-corrected chi connectivity index (χ1v) is 8.62. The highest BCUT2D eigenvalue weighted by Crippen LogP contribution is 2.17. The summed E-state index contributed by atoms with van der Waals surface area (Å²) < 4.78 is 25.3. The number of halogens is 1. The molecular weight excluding hydrogens is 332 g/mol. The minimum absolute atomic E-state index is 0.129. The highest BCUT2D eigenvalue weighted by molar-refractivity contribution is 9.10. The van der Waals surface area contributed by atoms with Crippen LogP contribution in [0.4, 0.5) is 5.95 Å². The van der Waals surface area contributed by atoms with Crippen molar-refractivity contribution in [2.75, 3.05) is 16.8 Å². The van der Waals surface area contributed by atoms with Gasteiger partial charge in [0.05, 0.1) is 11.5 Å². The standard InChI is InChI=1S/C11H13BrN4O2S/c12-8-1-2-10-14-11(15-16(10)7-8)13-9-3-5-19(17,18)6-4-9/h1-2,7,9H,3-6H2,(H,13,15). The van der Waals surface area contributed by atoms with Gasteiger partial charge < -0.3 is 5.32 Å². The molecule has 3 heterocycles. The van der Waals surface area contributed by atoms with E-state index in [1.165, 1.54) is 0 Å². The number of pyridine rings is 1. The summed E-state index contributed by atoms with van der Waals surface area (Å²) in [6, 6.07) is 3.90. The molecule has 102 valence electrons. The lowest BCUT2D eigenvalue weighted by atomic mass is 10.2. The monoisotopic (exact) mass is 344 g/mol. The third-order valence-electron chi connectivity index (χ3n) is 3.18. The maximum Gasteiger partial charge on any atom is 0.243 e. The molecule has 0 bridgehead atoms. The second-order valence-electron chi connectivity index (χ2n) is 4.66. The van der Waals surface area contributed by atoms with Gasteiger partial charge in [-0.3, -0.25) is 0 Å². The number of sulfone groups is 1. The molecule has 8 heteroatoms. The fourth-order valence-electron chi connectivity index (χ4n) is 2.14. The van der Waals surface area contributed by atoms with Crippen molar-refractivity contribution in [3.05, 3.63) is 22.8 Å². The number of aromatic nitrogens is 3. The molecule has 0 aromatic carbocycles. The predicted octanol–water partition coefficient (Wildman–Crippen LogP) is 1.48. The van der Waals surface area contributed by atoms with Crippen LogP contribution in [0.25, 0.3) is 5.65 Å². The second-order valence-corrected chi connectivity index (χ2v) is 7.88. The van der Waals surface area contributed by atoms with Gasteiger partial charge >= 0.3 is 0 Å². The topological polar surface area (TPSA) is 76.4 Å². The van der Waals surface area contributed by atoms with Crippen LogP contribution in [0.1, 0.15) is 12.8 Å². The summed E-state index contributed by atoms with van der Waals surface area (Å²) in [5, 5.41) is 7.52. The van der Waals surface area contributed by atoms with E-state index in [1.807, 2.05) is 18.3 Å². The van der Waals surface area contributed by atoms with Gasteiger partial charge in [0.15, 0.2) is 5.65 Å². The zero-order chi connectivity index (χ0) is 13.5. The molecule has 3 rings (SSSR count). The van der Waals surface area contributed by atoms with Crippen molar-refractivity contribution in [3.8, 4) is 0 Å². The molecular formula is C11H13BrN4O2S. The molecule has 0 radical (unpaired) electrons. The van der Waals surface area contributed by atoms with Crippen LogP contribution in [0.2, 0.25) is 0 Å². The fourth-order valence-corrected chi connectivity index (χ4v) is 3.95. The first kappa shape index (κ1) is 12.9. The molecule has 1 saturated heterocycles. The average molecular weight is 345 g/mol. The van der Waals surface area contributed by atoms with E-state index in [2.05, 4.69) is 31.3 Å². The molecule has 0 aliphatic carbocycles. The summed E-state index contributed by atoms with van der Waals surface area (Å²) in [5.74, 6) is 1.02. The Balaban J connectivity index is 1.75. The van der Waals surface area contributed by atoms with Crippen LogP contribution in [0, 0.1) is 0 Å².